The molecule has 2 N–H and O–H groups in total. The standard InChI is InChI=1S/C10H17F3N2O2/c11-10(12,13)7-14-9(17)5-15-3-1-8(6-16)2-4-15/h8,16H,1-7H2,(H,14,17). The van der Waals surface area contributed by atoms with Gasteiger partial charge < -0.3 is 10.4 Å². The molecule has 1 rings (SSSR count). The number of piperidine rings is 1. The van der Waals surface area contributed by atoms with Gasteiger partial charge in [0.15, 0.2) is 0 Å². The number of hydrogen-bond donors (Lipinski definition) is 2. The third-order valence-corrected chi connectivity index (χ3v) is 2.82. The van der Waals surface area contributed by atoms with E-state index in [1.165, 1.54) is 0 Å². The predicted octanol–water partition coefficient (Wildman–Crippen LogP) is 0.369. The van der Waals surface area contributed by atoms with Crippen LogP contribution in [0, 0.1) is 5.92 Å². The Morgan fingerprint density at radius 1 is 1.35 bits per heavy atom. The van der Waals surface area contributed by atoms with Crippen molar-refractivity contribution in [2.45, 2.75) is 19.0 Å². The molecule has 0 aromatic carbocycles. The lowest BCUT2D eigenvalue weighted by Gasteiger charge is -2.30. The molecule has 17 heavy (non-hydrogen) atoms. The summed E-state index contributed by atoms with van der Waals surface area (Å²) in [6, 6.07) is 0. The number of nitrogens with zero attached hydrogens (tertiary/aromatic N) is 1. The van der Waals surface area contributed by atoms with Crippen LogP contribution >= 0.6 is 0 Å². The average Bonchev–Trinajstić information content (AvgIpc) is 2.27. The molecule has 0 aromatic rings. The van der Waals surface area contributed by atoms with Crippen molar-refractivity contribution in [2.24, 2.45) is 5.92 Å². The summed E-state index contributed by atoms with van der Waals surface area (Å²) in [5, 5.41) is 10.8. The first-order chi connectivity index (χ1) is 7.90. The highest BCUT2D eigenvalue weighted by molar-refractivity contribution is 5.78. The molecule has 1 aliphatic rings. The minimum atomic E-state index is -4.36. The van der Waals surface area contributed by atoms with Crippen molar-refractivity contribution in [1.82, 2.24) is 10.2 Å². The molecular weight excluding hydrogens is 237 g/mol. The van der Waals surface area contributed by atoms with E-state index in [4.69, 9.17) is 5.11 Å². The zero-order chi connectivity index (χ0) is 12.9. The number of rotatable bonds is 4. The fourth-order valence-corrected chi connectivity index (χ4v) is 1.78. The topological polar surface area (TPSA) is 52.6 Å². The van der Waals surface area contributed by atoms with E-state index < -0.39 is 18.6 Å². The Hall–Kier alpha value is -0.820. The summed E-state index contributed by atoms with van der Waals surface area (Å²) >= 11 is 0. The van der Waals surface area contributed by atoms with Crippen LogP contribution in [0.2, 0.25) is 0 Å². The number of nitrogens with one attached hydrogen (secondary N) is 1. The first kappa shape index (κ1) is 14.2. The number of aliphatic hydroxyl groups is 1. The highest BCUT2D eigenvalue weighted by Gasteiger charge is 2.28. The summed E-state index contributed by atoms with van der Waals surface area (Å²) in [5.74, 6) is -0.353. The van der Waals surface area contributed by atoms with Crippen LogP contribution in [-0.2, 0) is 4.79 Å². The van der Waals surface area contributed by atoms with E-state index in [1.54, 1.807) is 4.90 Å². The number of hydrogen-bond acceptors (Lipinski definition) is 3. The highest BCUT2D eigenvalue weighted by Crippen LogP contribution is 2.16. The predicted molar refractivity (Wildman–Crippen MR) is 55.3 cm³/mol. The molecule has 1 amide bonds. The van der Waals surface area contributed by atoms with Crippen LogP contribution in [0.3, 0.4) is 0 Å². The van der Waals surface area contributed by atoms with E-state index >= 15 is 0 Å². The lowest BCUT2D eigenvalue weighted by atomic mass is 9.98. The Balaban J connectivity index is 2.19. The number of carbonyl (C=O) groups excluding carboxylic acids is 1. The van der Waals surface area contributed by atoms with Crippen molar-refractivity contribution >= 4 is 5.91 Å². The van der Waals surface area contributed by atoms with E-state index in [0.29, 0.717) is 13.1 Å². The van der Waals surface area contributed by atoms with E-state index in [9.17, 15) is 18.0 Å². The monoisotopic (exact) mass is 254 g/mol. The van der Waals surface area contributed by atoms with Gasteiger partial charge in [0.25, 0.3) is 0 Å². The van der Waals surface area contributed by atoms with Crippen LogP contribution < -0.4 is 5.32 Å². The normalized spacial score (nSPS) is 19.3. The van der Waals surface area contributed by atoms with Gasteiger partial charge >= 0.3 is 6.18 Å². The molecule has 1 fully saturated rings. The molecule has 7 heteroatoms. The van der Waals surface area contributed by atoms with Gasteiger partial charge in [0, 0.05) is 6.61 Å². The van der Waals surface area contributed by atoms with E-state index in [0.717, 1.165) is 12.8 Å². The van der Waals surface area contributed by atoms with Crippen molar-refractivity contribution in [3.8, 4) is 0 Å². The molecule has 0 aromatic heterocycles. The average molecular weight is 254 g/mol. The summed E-state index contributed by atoms with van der Waals surface area (Å²) in [7, 11) is 0. The second-order valence-corrected chi connectivity index (χ2v) is 4.29. The molecule has 100 valence electrons. The number of aliphatic hydroxyl groups excluding tert-OH is 1. The zero-order valence-electron chi connectivity index (χ0n) is 9.46. The van der Waals surface area contributed by atoms with Gasteiger partial charge in [-0.3, -0.25) is 9.69 Å². The third kappa shape index (κ3) is 5.88. The fourth-order valence-electron chi connectivity index (χ4n) is 1.78. The van der Waals surface area contributed by atoms with E-state index in [1.807, 2.05) is 5.32 Å². The maximum absolute atomic E-state index is 11.8. The summed E-state index contributed by atoms with van der Waals surface area (Å²) < 4.78 is 35.5. The second-order valence-electron chi connectivity index (χ2n) is 4.29. The summed E-state index contributed by atoms with van der Waals surface area (Å²) in [6.07, 6.45) is -2.80. The minimum absolute atomic E-state index is 0.00573. The van der Waals surface area contributed by atoms with E-state index in [2.05, 4.69) is 0 Å². The van der Waals surface area contributed by atoms with Gasteiger partial charge in [-0.05, 0) is 31.8 Å². The SMILES string of the molecule is O=C(CN1CCC(CO)CC1)NCC(F)(F)F. The smallest absolute Gasteiger partial charge is 0.396 e. The summed E-state index contributed by atoms with van der Waals surface area (Å²) in [4.78, 5) is 13.0. The maximum atomic E-state index is 11.8. The molecule has 1 heterocycles. The van der Waals surface area contributed by atoms with Gasteiger partial charge in [-0.25, -0.2) is 0 Å². The molecule has 4 nitrogen and oxygen atoms in total. The van der Waals surface area contributed by atoms with Crippen LogP contribution in [0.5, 0.6) is 0 Å². The number of amides is 1. The fraction of sp³-hybridized carbons (Fsp3) is 0.900. The molecule has 1 saturated heterocycles. The molecule has 0 atom stereocenters. The Kier molecular flexibility index (Phi) is 5.20. The molecule has 0 spiro atoms. The van der Waals surface area contributed by atoms with Crippen LogP contribution in [0.4, 0.5) is 13.2 Å². The number of likely N-dealkylation sites (tertiary alicyclic amines) is 1. The van der Waals surface area contributed by atoms with Gasteiger partial charge in [-0.1, -0.05) is 0 Å². The van der Waals surface area contributed by atoms with Gasteiger partial charge in [-0.2, -0.15) is 13.2 Å². The molecule has 1 aliphatic heterocycles. The van der Waals surface area contributed by atoms with Crippen molar-refractivity contribution in [1.29, 1.82) is 0 Å². The Bertz CT molecular complexity index is 250. The third-order valence-electron chi connectivity index (χ3n) is 2.82. The largest absolute Gasteiger partial charge is 0.405 e. The Morgan fingerprint density at radius 3 is 2.41 bits per heavy atom. The quantitative estimate of drug-likeness (QED) is 0.762. The first-order valence-electron chi connectivity index (χ1n) is 5.57. The summed E-state index contributed by atoms with van der Waals surface area (Å²) in [6.45, 7) is 0.136. The minimum Gasteiger partial charge on any atom is -0.396 e. The van der Waals surface area contributed by atoms with Crippen LogP contribution in [-0.4, -0.2) is 54.9 Å². The van der Waals surface area contributed by atoms with E-state index in [-0.39, 0.29) is 19.1 Å². The van der Waals surface area contributed by atoms with Crippen LogP contribution in [0.1, 0.15) is 12.8 Å². The van der Waals surface area contributed by atoms with Crippen molar-refractivity contribution < 1.29 is 23.1 Å². The molecule has 0 bridgehead atoms. The molecular formula is C10H17F3N2O2. The molecule has 0 radical (unpaired) electrons. The second kappa shape index (κ2) is 6.20. The van der Waals surface area contributed by atoms with Crippen molar-refractivity contribution in [3.63, 3.8) is 0 Å². The molecule has 0 unspecified atom stereocenters. The number of carbonyl (C=O) groups is 1. The zero-order valence-corrected chi connectivity index (χ0v) is 9.46. The molecule has 0 saturated carbocycles. The first-order valence-corrected chi connectivity index (χ1v) is 5.57. The number of halogens is 3. The molecule has 0 aliphatic carbocycles. The highest BCUT2D eigenvalue weighted by atomic mass is 19.4. The van der Waals surface area contributed by atoms with Gasteiger partial charge in [0.1, 0.15) is 6.54 Å². The lowest BCUT2D eigenvalue weighted by Crippen LogP contribution is -2.44. The number of alkyl halides is 3. The lowest BCUT2D eigenvalue weighted by molar-refractivity contribution is -0.139. The Labute approximate surface area is 97.8 Å². The van der Waals surface area contributed by atoms with Crippen LogP contribution in [0.25, 0.3) is 0 Å². The van der Waals surface area contributed by atoms with Crippen LogP contribution in [0.15, 0.2) is 0 Å². The van der Waals surface area contributed by atoms with Gasteiger partial charge in [0.2, 0.25) is 5.91 Å². The van der Waals surface area contributed by atoms with Gasteiger partial charge in [0.05, 0.1) is 6.54 Å². The summed E-state index contributed by atoms with van der Waals surface area (Å²) in [5.41, 5.74) is 0. The van der Waals surface area contributed by atoms with Crippen molar-refractivity contribution in [2.75, 3.05) is 32.8 Å². The maximum Gasteiger partial charge on any atom is 0.405 e. The van der Waals surface area contributed by atoms with Gasteiger partial charge in [-0.15, -0.1) is 0 Å². The Morgan fingerprint density at radius 2 is 1.94 bits per heavy atom. The van der Waals surface area contributed by atoms with Crippen molar-refractivity contribution in [3.05, 3.63) is 0 Å².